The molecule has 0 radical (unpaired) electrons. The summed E-state index contributed by atoms with van der Waals surface area (Å²) in [5, 5.41) is 0.661. The Balaban J connectivity index is 1.42. The van der Waals surface area contributed by atoms with Crippen LogP contribution in [0.15, 0.2) is 66.7 Å². The maximum Gasteiger partial charge on any atom is 0.276 e. The normalized spacial score (nSPS) is 10.3. The van der Waals surface area contributed by atoms with Crippen molar-refractivity contribution >= 4 is 23.4 Å². The fourth-order valence-corrected chi connectivity index (χ4v) is 3.05. The molecule has 0 saturated heterocycles. The fraction of sp³-hybridized carbons (Fsp3) is 0.200. The Labute approximate surface area is 197 Å². The first kappa shape index (κ1) is 23.9. The van der Waals surface area contributed by atoms with E-state index in [4.69, 9.17) is 25.8 Å². The highest BCUT2D eigenvalue weighted by molar-refractivity contribution is 6.32. The van der Waals surface area contributed by atoms with Crippen LogP contribution in [-0.2, 0) is 4.79 Å². The Kier molecular flexibility index (Phi) is 8.55. The maximum absolute atomic E-state index is 12.4. The van der Waals surface area contributed by atoms with Crippen molar-refractivity contribution in [1.82, 2.24) is 10.9 Å². The summed E-state index contributed by atoms with van der Waals surface area (Å²) in [5.41, 5.74) is 6.74. The number of hydrogen-bond acceptors (Lipinski definition) is 5. The molecular weight excluding hydrogens is 444 g/mol. The van der Waals surface area contributed by atoms with Crippen molar-refractivity contribution in [2.75, 3.05) is 19.8 Å². The monoisotopic (exact) mass is 468 g/mol. The van der Waals surface area contributed by atoms with Crippen molar-refractivity contribution < 1.29 is 23.8 Å². The second-order valence-corrected chi connectivity index (χ2v) is 7.58. The lowest BCUT2D eigenvalue weighted by atomic mass is 10.1. The molecule has 0 heterocycles. The summed E-state index contributed by atoms with van der Waals surface area (Å²) in [4.78, 5) is 24.4. The number of ether oxygens (including phenoxy) is 3. The van der Waals surface area contributed by atoms with Gasteiger partial charge in [-0.1, -0.05) is 35.9 Å². The molecule has 0 fully saturated rings. The van der Waals surface area contributed by atoms with E-state index in [1.807, 2.05) is 44.2 Å². The van der Waals surface area contributed by atoms with Crippen molar-refractivity contribution in [3.05, 3.63) is 88.4 Å². The van der Waals surface area contributed by atoms with E-state index < -0.39 is 11.8 Å². The number of rotatable bonds is 9. The number of halogens is 1. The highest BCUT2D eigenvalue weighted by Gasteiger charge is 2.10. The van der Waals surface area contributed by atoms with Crippen molar-refractivity contribution in [1.29, 1.82) is 0 Å². The molecule has 0 aliphatic heterocycles. The molecule has 0 aliphatic carbocycles. The summed E-state index contributed by atoms with van der Waals surface area (Å²) in [6, 6.07) is 19.5. The van der Waals surface area contributed by atoms with Gasteiger partial charge in [-0.25, -0.2) is 0 Å². The number of hydrogen-bond donors (Lipinski definition) is 2. The lowest BCUT2D eigenvalue weighted by Gasteiger charge is -2.12. The standard InChI is InChI=1S/C25H25ClN2O5/c1-17-13-22(14-18(2)24(17)26)33-16-23(29)27-28-25(30)19-7-6-10-21(15-19)32-12-11-31-20-8-4-3-5-9-20/h3-10,13-15H,11-12,16H2,1-2H3,(H,27,29)(H,28,30). The number of benzene rings is 3. The lowest BCUT2D eigenvalue weighted by molar-refractivity contribution is -0.123. The highest BCUT2D eigenvalue weighted by atomic mass is 35.5. The van der Waals surface area contributed by atoms with Crippen LogP contribution in [0.5, 0.6) is 17.2 Å². The molecule has 33 heavy (non-hydrogen) atoms. The minimum atomic E-state index is -0.501. The predicted molar refractivity (Wildman–Crippen MR) is 126 cm³/mol. The number of carbonyl (C=O) groups excluding carboxylic acids is 2. The SMILES string of the molecule is Cc1cc(OCC(=O)NNC(=O)c2cccc(OCCOc3ccccc3)c2)cc(C)c1Cl. The smallest absolute Gasteiger partial charge is 0.276 e. The number of para-hydroxylation sites is 1. The molecule has 172 valence electrons. The topological polar surface area (TPSA) is 85.9 Å². The Bertz CT molecular complexity index is 1080. The molecule has 8 heteroatoms. The van der Waals surface area contributed by atoms with E-state index in [0.29, 0.717) is 35.3 Å². The molecule has 2 amide bonds. The Morgan fingerprint density at radius 2 is 1.39 bits per heavy atom. The minimum Gasteiger partial charge on any atom is -0.490 e. The summed E-state index contributed by atoms with van der Waals surface area (Å²) in [5.74, 6) is 0.821. The third kappa shape index (κ3) is 7.43. The Morgan fingerprint density at radius 3 is 2.09 bits per heavy atom. The van der Waals surface area contributed by atoms with Crippen LogP contribution >= 0.6 is 11.6 Å². The summed E-state index contributed by atoms with van der Waals surface area (Å²) in [6.07, 6.45) is 0. The van der Waals surface area contributed by atoms with Gasteiger partial charge in [0.15, 0.2) is 6.61 Å². The average molecular weight is 469 g/mol. The van der Waals surface area contributed by atoms with E-state index >= 15 is 0 Å². The van der Waals surface area contributed by atoms with Gasteiger partial charge < -0.3 is 14.2 Å². The molecule has 0 bridgehead atoms. The number of nitrogens with one attached hydrogen (secondary N) is 2. The van der Waals surface area contributed by atoms with Gasteiger partial charge in [0, 0.05) is 10.6 Å². The molecule has 0 atom stereocenters. The summed E-state index contributed by atoms with van der Waals surface area (Å²) in [6.45, 7) is 4.14. The quantitative estimate of drug-likeness (QED) is 0.362. The second-order valence-electron chi connectivity index (χ2n) is 7.20. The number of hydrazine groups is 1. The van der Waals surface area contributed by atoms with Crippen LogP contribution in [-0.4, -0.2) is 31.6 Å². The molecule has 2 N–H and O–H groups in total. The van der Waals surface area contributed by atoms with Crippen molar-refractivity contribution in [3.8, 4) is 17.2 Å². The Hall–Kier alpha value is -3.71. The fourth-order valence-electron chi connectivity index (χ4n) is 2.94. The first-order valence-corrected chi connectivity index (χ1v) is 10.7. The van der Waals surface area contributed by atoms with E-state index in [-0.39, 0.29) is 6.61 Å². The van der Waals surface area contributed by atoms with Crippen LogP contribution in [0.2, 0.25) is 5.02 Å². The zero-order valence-electron chi connectivity index (χ0n) is 18.4. The highest BCUT2D eigenvalue weighted by Crippen LogP contribution is 2.25. The van der Waals surface area contributed by atoms with E-state index in [9.17, 15) is 9.59 Å². The third-order valence-corrected chi connectivity index (χ3v) is 5.15. The molecule has 0 saturated carbocycles. The molecular formula is C25H25ClN2O5. The molecule has 0 aromatic heterocycles. The first-order valence-electron chi connectivity index (χ1n) is 10.3. The summed E-state index contributed by atoms with van der Waals surface area (Å²) < 4.78 is 16.7. The summed E-state index contributed by atoms with van der Waals surface area (Å²) in [7, 11) is 0. The zero-order valence-corrected chi connectivity index (χ0v) is 19.1. The predicted octanol–water partition coefficient (Wildman–Crippen LogP) is 4.25. The van der Waals surface area contributed by atoms with Crippen molar-refractivity contribution in [2.24, 2.45) is 0 Å². The van der Waals surface area contributed by atoms with Crippen LogP contribution in [0, 0.1) is 13.8 Å². The van der Waals surface area contributed by atoms with Gasteiger partial charge in [0.1, 0.15) is 30.5 Å². The van der Waals surface area contributed by atoms with E-state index in [0.717, 1.165) is 16.9 Å². The van der Waals surface area contributed by atoms with Crippen LogP contribution in [0.4, 0.5) is 0 Å². The number of aryl methyl sites for hydroxylation is 2. The zero-order chi connectivity index (χ0) is 23.6. The van der Waals surface area contributed by atoms with Crippen molar-refractivity contribution in [3.63, 3.8) is 0 Å². The third-order valence-electron chi connectivity index (χ3n) is 4.56. The van der Waals surface area contributed by atoms with Gasteiger partial charge in [0.05, 0.1) is 0 Å². The van der Waals surface area contributed by atoms with Gasteiger partial charge in [-0.3, -0.25) is 20.4 Å². The maximum atomic E-state index is 12.4. The van der Waals surface area contributed by atoms with E-state index in [1.165, 1.54) is 0 Å². The Morgan fingerprint density at radius 1 is 0.758 bits per heavy atom. The largest absolute Gasteiger partial charge is 0.490 e. The van der Waals surface area contributed by atoms with Gasteiger partial charge in [-0.15, -0.1) is 0 Å². The molecule has 3 aromatic carbocycles. The van der Waals surface area contributed by atoms with Gasteiger partial charge >= 0.3 is 0 Å². The average Bonchev–Trinajstić information content (AvgIpc) is 2.83. The molecule has 3 rings (SSSR count). The second kappa shape index (κ2) is 11.8. The molecule has 0 aliphatic rings. The van der Waals surface area contributed by atoms with E-state index in [2.05, 4.69) is 10.9 Å². The molecule has 7 nitrogen and oxygen atoms in total. The lowest BCUT2D eigenvalue weighted by Crippen LogP contribution is -2.43. The summed E-state index contributed by atoms with van der Waals surface area (Å²) >= 11 is 6.13. The van der Waals surface area contributed by atoms with Crippen LogP contribution in [0.25, 0.3) is 0 Å². The van der Waals surface area contributed by atoms with Crippen LogP contribution < -0.4 is 25.1 Å². The van der Waals surface area contributed by atoms with E-state index in [1.54, 1.807) is 36.4 Å². The van der Waals surface area contributed by atoms with Crippen molar-refractivity contribution in [2.45, 2.75) is 13.8 Å². The number of carbonyl (C=O) groups is 2. The van der Waals surface area contributed by atoms with Crippen LogP contribution in [0.1, 0.15) is 21.5 Å². The minimum absolute atomic E-state index is 0.259. The van der Waals surface area contributed by atoms with Crippen LogP contribution in [0.3, 0.4) is 0 Å². The molecule has 0 spiro atoms. The van der Waals surface area contributed by atoms with Gasteiger partial charge in [0.25, 0.3) is 11.8 Å². The molecule has 0 unspecified atom stereocenters. The first-order chi connectivity index (χ1) is 15.9. The molecule has 3 aromatic rings. The van der Waals surface area contributed by atoms with Gasteiger partial charge in [0.2, 0.25) is 0 Å². The number of amides is 2. The van der Waals surface area contributed by atoms with Gasteiger partial charge in [-0.2, -0.15) is 0 Å². The van der Waals surface area contributed by atoms with Gasteiger partial charge in [-0.05, 0) is 67.4 Å².